The summed E-state index contributed by atoms with van der Waals surface area (Å²) >= 11 is 0. The molecule has 1 saturated heterocycles. The Morgan fingerprint density at radius 2 is 2.10 bits per heavy atom. The number of benzene rings is 1. The Hall–Kier alpha value is -1.35. The number of nitrogens with one attached hydrogen (secondary N) is 1. The highest BCUT2D eigenvalue weighted by molar-refractivity contribution is 5.85. The summed E-state index contributed by atoms with van der Waals surface area (Å²) in [7, 11) is 0. The normalized spacial score (nSPS) is 25.8. The lowest BCUT2D eigenvalue weighted by atomic mass is 9.84. The van der Waals surface area contributed by atoms with E-state index in [4.69, 9.17) is 4.52 Å². The molecule has 1 aliphatic heterocycles. The lowest BCUT2D eigenvalue weighted by molar-refractivity contribution is 0.344. The fourth-order valence-electron chi connectivity index (χ4n) is 3.94. The van der Waals surface area contributed by atoms with Gasteiger partial charge in [-0.1, -0.05) is 32.0 Å². The number of hydrogen-bond donors (Lipinski definition) is 1. The van der Waals surface area contributed by atoms with Crippen LogP contribution in [0.1, 0.15) is 44.0 Å². The Morgan fingerprint density at radius 1 is 1.25 bits per heavy atom. The minimum Gasteiger partial charge on any atom is -0.356 e. The molecule has 2 heterocycles. The second-order valence-electron chi connectivity index (χ2n) is 7.64. The first-order valence-corrected chi connectivity index (χ1v) is 7.60. The van der Waals surface area contributed by atoms with E-state index in [1.54, 1.807) is 0 Å². The Kier molecular flexibility index (Phi) is 2.39. The van der Waals surface area contributed by atoms with E-state index in [0.717, 1.165) is 30.8 Å². The van der Waals surface area contributed by atoms with Crippen molar-refractivity contribution < 1.29 is 4.52 Å². The van der Waals surface area contributed by atoms with Crippen LogP contribution in [0.25, 0.3) is 11.0 Å². The first kappa shape index (κ1) is 12.4. The van der Waals surface area contributed by atoms with Crippen LogP contribution in [0.5, 0.6) is 0 Å². The first-order valence-electron chi connectivity index (χ1n) is 7.60. The largest absolute Gasteiger partial charge is 0.356 e. The van der Waals surface area contributed by atoms with Crippen LogP contribution in [0, 0.1) is 5.41 Å². The van der Waals surface area contributed by atoms with Crippen molar-refractivity contribution in [3.8, 4) is 0 Å². The van der Waals surface area contributed by atoms with Crippen molar-refractivity contribution in [1.29, 1.82) is 0 Å². The Balaban J connectivity index is 1.85. The van der Waals surface area contributed by atoms with Crippen molar-refractivity contribution in [1.82, 2.24) is 10.5 Å². The van der Waals surface area contributed by atoms with Crippen LogP contribution in [-0.2, 0) is 18.3 Å². The summed E-state index contributed by atoms with van der Waals surface area (Å²) in [6, 6.07) is 4.52. The lowest BCUT2D eigenvalue weighted by Crippen LogP contribution is -2.24. The smallest absolute Gasteiger partial charge is 0.170 e. The van der Waals surface area contributed by atoms with Crippen LogP contribution in [-0.4, -0.2) is 18.2 Å². The van der Waals surface area contributed by atoms with Crippen molar-refractivity contribution >= 4 is 11.0 Å². The Labute approximate surface area is 119 Å². The highest BCUT2D eigenvalue weighted by atomic mass is 16.5. The van der Waals surface area contributed by atoms with Gasteiger partial charge in [0, 0.05) is 22.9 Å². The molecule has 1 unspecified atom stereocenters. The number of aromatic nitrogens is 1. The summed E-state index contributed by atoms with van der Waals surface area (Å²) in [6.45, 7) is 8.88. The first-order chi connectivity index (χ1) is 9.49. The van der Waals surface area contributed by atoms with E-state index in [1.807, 2.05) is 0 Å². The number of rotatable bonds is 0. The molecular weight excluding hydrogens is 248 g/mol. The molecule has 0 amide bonds. The van der Waals surface area contributed by atoms with E-state index in [0.29, 0.717) is 5.41 Å². The zero-order chi connectivity index (χ0) is 14.0. The molecule has 0 bridgehead atoms. The van der Waals surface area contributed by atoms with E-state index in [9.17, 15) is 0 Å². The molecule has 2 aliphatic rings. The maximum absolute atomic E-state index is 5.75. The van der Waals surface area contributed by atoms with E-state index in [1.165, 1.54) is 29.4 Å². The standard InChI is InChI=1S/C17H22N2O/c1-16(2,3)15-12-5-4-11-8-17(6-7-18-10-17)9-13(11)14(12)20-19-15/h4-5,18H,6-10H2,1-3H3. The molecule has 2 aromatic rings. The third-order valence-corrected chi connectivity index (χ3v) is 5.00. The van der Waals surface area contributed by atoms with Crippen molar-refractivity contribution in [3.63, 3.8) is 0 Å². The molecule has 1 N–H and O–H groups in total. The molecular formula is C17H22N2O. The molecule has 1 fully saturated rings. The van der Waals surface area contributed by atoms with Crippen LogP contribution in [0.3, 0.4) is 0 Å². The van der Waals surface area contributed by atoms with Gasteiger partial charge in [0.1, 0.15) is 0 Å². The predicted octanol–water partition coefficient (Wildman–Crippen LogP) is 3.20. The molecule has 106 valence electrons. The van der Waals surface area contributed by atoms with Gasteiger partial charge in [0.05, 0.1) is 5.69 Å². The fraction of sp³-hybridized carbons (Fsp3) is 0.588. The van der Waals surface area contributed by atoms with E-state index in [-0.39, 0.29) is 5.41 Å². The summed E-state index contributed by atoms with van der Waals surface area (Å²) in [5.41, 5.74) is 5.47. The summed E-state index contributed by atoms with van der Waals surface area (Å²) in [4.78, 5) is 0. The molecule has 0 radical (unpaired) electrons. The summed E-state index contributed by atoms with van der Waals surface area (Å²) in [6.07, 6.45) is 3.62. The van der Waals surface area contributed by atoms with Gasteiger partial charge in [-0.3, -0.25) is 0 Å². The van der Waals surface area contributed by atoms with Gasteiger partial charge >= 0.3 is 0 Å². The van der Waals surface area contributed by atoms with Crippen molar-refractivity contribution in [2.75, 3.05) is 13.1 Å². The van der Waals surface area contributed by atoms with Gasteiger partial charge in [0.15, 0.2) is 5.58 Å². The van der Waals surface area contributed by atoms with E-state index >= 15 is 0 Å². The van der Waals surface area contributed by atoms with Gasteiger partial charge < -0.3 is 9.84 Å². The highest BCUT2D eigenvalue weighted by Gasteiger charge is 2.41. The van der Waals surface area contributed by atoms with Gasteiger partial charge in [0.2, 0.25) is 0 Å². The Morgan fingerprint density at radius 3 is 2.80 bits per heavy atom. The van der Waals surface area contributed by atoms with Gasteiger partial charge in [-0.05, 0) is 42.9 Å². The van der Waals surface area contributed by atoms with E-state index in [2.05, 4.69) is 43.4 Å². The Bertz CT molecular complexity index is 672. The van der Waals surface area contributed by atoms with Crippen molar-refractivity contribution in [2.24, 2.45) is 5.41 Å². The maximum Gasteiger partial charge on any atom is 0.170 e. The zero-order valence-corrected chi connectivity index (χ0v) is 12.5. The number of fused-ring (bicyclic) bond motifs is 3. The summed E-state index contributed by atoms with van der Waals surface area (Å²) < 4.78 is 5.75. The third-order valence-electron chi connectivity index (χ3n) is 5.00. The van der Waals surface area contributed by atoms with Gasteiger partial charge in [-0.15, -0.1) is 0 Å². The lowest BCUT2D eigenvalue weighted by Gasteiger charge is -2.20. The zero-order valence-electron chi connectivity index (χ0n) is 12.5. The van der Waals surface area contributed by atoms with Gasteiger partial charge in [-0.2, -0.15) is 0 Å². The molecule has 1 aliphatic carbocycles. The second-order valence-corrected chi connectivity index (χ2v) is 7.64. The SMILES string of the molecule is CC(C)(C)c1noc2c3c(ccc12)CC1(CCNC1)C3. The monoisotopic (exact) mass is 270 g/mol. The second kappa shape index (κ2) is 3.85. The molecule has 1 aromatic carbocycles. The van der Waals surface area contributed by atoms with Crippen LogP contribution in [0.2, 0.25) is 0 Å². The van der Waals surface area contributed by atoms with Crippen LogP contribution < -0.4 is 5.32 Å². The fourth-order valence-corrected chi connectivity index (χ4v) is 3.94. The van der Waals surface area contributed by atoms with Crippen LogP contribution >= 0.6 is 0 Å². The highest BCUT2D eigenvalue weighted by Crippen LogP contribution is 2.45. The number of hydrogen-bond acceptors (Lipinski definition) is 3. The van der Waals surface area contributed by atoms with Crippen LogP contribution in [0.4, 0.5) is 0 Å². The van der Waals surface area contributed by atoms with Crippen molar-refractivity contribution in [2.45, 2.75) is 45.4 Å². The quantitative estimate of drug-likeness (QED) is 0.799. The molecule has 20 heavy (non-hydrogen) atoms. The average molecular weight is 270 g/mol. The van der Waals surface area contributed by atoms with E-state index < -0.39 is 0 Å². The average Bonchev–Trinajstić information content (AvgIpc) is 3.06. The molecule has 1 aromatic heterocycles. The number of nitrogens with zero attached hydrogens (tertiary/aromatic N) is 1. The minimum atomic E-state index is 0.0324. The van der Waals surface area contributed by atoms with Gasteiger partial charge in [0.25, 0.3) is 0 Å². The van der Waals surface area contributed by atoms with Crippen LogP contribution in [0.15, 0.2) is 16.7 Å². The summed E-state index contributed by atoms with van der Waals surface area (Å²) in [5, 5.41) is 9.10. The minimum absolute atomic E-state index is 0.0324. The predicted molar refractivity (Wildman–Crippen MR) is 80.0 cm³/mol. The molecule has 1 spiro atoms. The van der Waals surface area contributed by atoms with Crippen molar-refractivity contribution in [3.05, 3.63) is 29.0 Å². The third kappa shape index (κ3) is 1.65. The molecule has 1 atom stereocenters. The molecule has 4 rings (SSSR count). The molecule has 3 heteroatoms. The maximum atomic E-state index is 5.75. The molecule has 0 saturated carbocycles. The summed E-state index contributed by atoms with van der Waals surface area (Å²) in [5.74, 6) is 0. The molecule has 3 nitrogen and oxygen atoms in total. The van der Waals surface area contributed by atoms with Gasteiger partial charge in [-0.25, -0.2) is 0 Å². The topological polar surface area (TPSA) is 38.1 Å².